The predicted molar refractivity (Wildman–Crippen MR) is 78.4 cm³/mol. The summed E-state index contributed by atoms with van der Waals surface area (Å²) in [4.78, 5) is 14.7. The molecule has 1 saturated heterocycles. The summed E-state index contributed by atoms with van der Waals surface area (Å²) in [5.74, 6) is 0.295. The number of hydrogen-bond acceptors (Lipinski definition) is 2. The van der Waals surface area contributed by atoms with Crippen molar-refractivity contribution in [3.05, 3.63) is 35.9 Å². The number of nitrogens with zero attached hydrogens (tertiary/aromatic N) is 1. The highest BCUT2D eigenvalue weighted by Crippen LogP contribution is 2.49. The number of amides is 1. The van der Waals surface area contributed by atoms with Crippen molar-refractivity contribution >= 4 is 18.3 Å². The average molecular weight is 281 g/mol. The van der Waals surface area contributed by atoms with Gasteiger partial charge in [0.2, 0.25) is 5.91 Å². The molecule has 1 aliphatic heterocycles. The first-order valence-electron chi connectivity index (χ1n) is 6.83. The van der Waals surface area contributed by atoms with E-state index in [1.165, 1.54) is 5.56 Å². The van der Waals surface area contributed by atoms with Crippen molar-refractivity contribution in [2.45, 2.75) is 37.1 Å². The Bertz CT molecular complexity index is 445. The number of nitrogens with two attached hydrogens (primary N) is 1. The molecule has 1 saturated carbocycles. The Morgan fingerprint density at radius 3 is 2.53 bits per heavy atom. The van der Waals surface area contributed by atoms with E-state index in [9.17, 15) is 4.79 Å². The van der Waals surface area contributed by atoms with Gasteiger partial charge in [0.1, 0.15) is 0 Å². The minimum absolute atomic E-state index is 0. The number of piperidine rings is 1. The van der Waals surface area contributed by atoms with E-state index in [1.807, 2.05) is 23.1 Å². The number of rotatable bonds is 2. The van der Waals surface area contributed by atoms with Crippen LogP contribution >= 0.6 is 12.4 Å². The zero-order valence-electron chi connectivity index (χ0n) is 11.0. The van der Waals surface area contributed by atoms with Crippen molar-refractivity contribution < 1.29 is 4.79 Å². The van der Waals surface area contributed by atoms with Crippen LogP contribution in [-0.2, 0) is 10.2 Å². The van der Waals surface area contributed by atoms with E-state index in [2.05, 4.69) is 12.1 Å². The summed E-state index contributed by atoms with van der Waals surface area (Å²) in [6, 6.07) is 10.4. The molecule has 1 aromatic carbocycles. The van der Waals surface area contributed by atoms with Crippen molar-refractivity contribution in [2.75, 3.05) is 13.1 Å². The van der Waals surface area contributed by atoms with Gasteiger partial charge >= 0.3 is 0 Å². The maximum Gasteiger partial charge on any atom is 0.233 e. The van der Waals surface area contributed by atoms with E-state index < -0.39 is 0 Å². The second-order valence-corrected chi connectivity index (χ2v) is 5.60. The zero-order chi connectivity index (χ0) is 12.6. The summed E-state index contributed by atoms with van der Waals surface area (Å²) in [5, 5.41) is 0. The Kier molecular flexibility index (Phi) is 4.16. The van der Waals surface area contributed by atoms with Gasteiger partial charge in [0, 0.05) is 19.1 Å². The standard InChI is InChI=1S/C15H20N2O.ClH/c16-13-7-4-10-17(11-13)14(18)15(8-9-15)12-5-2-1-3-6-12;/h1-3,5-6,13H,4,7-11,16H2;1H/t13-;/m1./s1. The smallest absolute Gasteiger partial charge is 0.233 e. The zero-order valence-corrected chi connectivity index (χ0v) is 11.9. The fourth-order valence-electron chi connectivity index (χ4n) is 3.01. The van der Waals surface area contributed by atoms with Crippen molar-refractivity contribution in [3.63, 3.8) is 0 Å². The summed E-state index contributed by atoms with van der Waals surface area (Å²) in [7, 11) is 0. The van der Waals surface area contributed by atoms with Crippen molar-refractivity contribution in [1.82, 2.24) is 4.90 Å². The van der Waals surface area contributed by atoms with Crippen LogP contribution in [0.4, 0.5) is 0 Å². The Balaban J connectivity index is 0.00000133. The molecule has 3 rings (SSSR count). The highest BCUT2D eigenvalue weighted by atomic mass is 35.5. The third-order valence-corrected chi connectivity index (χ3v) is 4.23. The molecule has 2 aliphatic rings. The van der Waals surface area contributed by atoms with Crippen molar-refractivity contribution in [3.8, 4) is 0 Å². The number of carbonyl (C=O) groups is 1. The Hall–Kier alpha value is -1.06. The van der Waals surface area contributed by atoms with E-state index >= 15 is 0 Å². The fraction of sp³-hybridized carbons (Fsp3) is 0.533. The van der Waals surface area contributed by atoms with Crippen molar-refractivity contribution in [2.24, 2.45) is 5.73 Å². The molecular formula is C15H21ClN2O. The number of likely N-dealkylation sites (tertiary alicyclic amines) is 1. The normalized spacial score (nSPS) is 24.5. The first-order chi connectivity index (χ1) is 8.72. The van der Waals surface area contributed by atoms with Crippen LogP contribution in [0.15, 0.2) is 30.3 Å². The molecule has 0 spiro atoms. The maximum absolute atomic E-state index is 12.7. The van der Waals surface area contributed by atoms with Crippen molar-refractivity contribution in [1.29, 1.82) is 0 Å². The van der Waals surface area contributed by atoms with E-state index in [4.69, 9.17) is 5.73 Å². The first-order valence-corrected chi connectivity index (χ1v) is 6.83. The summed E-state index contributed by atoms with van der Waals surface area (Å²) >= 11 is 0. The first kappa shape index (κ1) is 14.4. The Morgan fingerprint density at radius 1 is 1.26 bits per heavy atom. The van der Waals surface area contributed by atoms with Crippen LogP contribution in [0.1, 0.15) is 31.2 Å². The molecule has 0 unspecified atom stereocenters. The molecule has 1 amide bonds. The van der Waals surface area contributed by atoms with Gasteiger partial charge in [-0.2, -0.15) is 0 Å². The largest absolute Gasteiger partial charge is 0.340 e. The van der Waals surface area contributed by atoms with Crippen LogP contribution in [-0.4, -0.2) is 29.9 Å². The monoisotopic (exact) mass is 280 g/mol. The fourth-order valence-corrected chi connectivity index (χ4v) is 3.01. The molecule has 1 aliphatic carbocycles. The summed E-state index contributed by atoms with van der Waals surface area (Å²) in [6.07, 6.45) is 4.06. The second kappa shape index (κ2) is 5.51. The molecule has 0 bridgehead atoms. The Morgan fingerprint density at radius 2 is 1.95 bits per heavy atom. The molecular weight excluding hydrogens is 260 g/mol. The molecule has 0 aromatic heterocycles. The summed E-state index contributed by atoms with van der Waals surface area (Å²) in [5.41, 5.74) is 6.92. The number of benzene rings is 1. The minimum Gasteiger partial charge on any atom is -0.340 e. The highest BCUT2D eigenvalue weighted by molar-refractivity contribution is 5.91. The molecule has 1 atom stereocenters. The summed E-state index contributed by atoms with van der Waals surface area (Å²) in [6.45, 7) is 1.61. The quantitative estimate of drug-likeness (QED) is 0.902. The number of hydrogen-bond donors (Lipinski definition) is 1. The van der Waals surface area contributed by atoms with Crippen LogP contribution in [0, 0.1) is 0 Å². The molecule has 2 fully saturated rings. The van der Waals surface area contributed by atoms with Gasteiger partial charge in [-0.3, -0.25) is 4.79 Å². The molecule has 3 nitrogen and oxygen atoms in total. The lowest BCUT2D eigenvalue weighted by Crippen LogP contribution is -2.49. The van der Waals surface area contributed by atoms with Crippen LogP contribution in [0.25, 0.3) is 0 Å². The SMILES string of the molecule is Cl.N[C@@H]1CCCN(C(=O)C2(c3ccccc3)CC2)C1. The van der Waals surface area contributed by atoms with Gasteiger partial charge < -0.3 is 10.6 Å². The number of carbonyl (C=O) groups excluding carboxylic acids is 1. The molecule has 1 heterocycles. The van der Waals surface area contributed by atoms with E-state index in [0.717, 1.165) is 38.8 Å². The van der Waals surface area contributed by atoms with Crippen LogP contribution in [0.3, 0.4) is 0 Å². The van der Waals surface area contributed by atoms with Crippen LogP contribution in [0.5, 0.6) is 0 Å². The average Bonchev–Trinajstić information content (AvgIpc) is 3.20. The molecule has 1 aromatic rings. The molecule has 4 heteroatoms. The Labute approximate surface area is 120 Å². The number of halogens is 1. The van der Waals surface area contributed by atoms with Crippen LogP contribution in [0.2, 0.25) is 0 Å². The lowest BCUT2D eigenvalue weighted by Gasteiger charge is -2.33. The van der Waals surface area contributed by atoms with E-state index in [1.54, 1.807) is 0 Å². The molecule has 19 heavy (non-hydrogen) atoms. The predicted octanol–water partition coefficient (Wildman–Crippen LogP) is 2.09. The lowest BCUT2D eigenvalue weighted by molar-refractivity contribution is -0.135. The molecule has 2 N–H and O–H groups in total. The lowest BCUT2D eigenvalue weighted by atomic mass is 9.93. The summed E-state index contributed by atoms with van der Waals surface area (Å²) < 4.78 is 0. The van der Waals surface area contributed by atoms with Gasteiger partial charge in [-0.1, -0.05) is 30.3 Å². The highest BCUT2D eigenvalue weighted by Gasteiger charge is 2.53. The van der Waals surface area contributed by atoms with Crippen LogP contribution < -0.4 is 5.73 Å². The van der Waals surface area contributed by atoms with Gasteiger partial charge in [-0.05, 0) is 31.2 Å². The third kappa shape index (κ3) is 2.63. The second-order valence-electron chi connectivity index (χ2n) is 5.60. The van der Waals surface area contributed by atoms with E-state index in [-0.39, 0.29) is 23.9 Å². The van der Waals surface area contributed by atoms with E-state index in [0.29, 0.717) is 5.91 Å². The third-order valence-electron chi connectivity index (χ3n) is 4.23. The van der Waals surface area contributed by atoms with Gasteiger partial charge in [0.15, 0.2) is 0 Å². The van der Waals surface area contributed by atoms with Gasteiger partial charge in [0.25, 0.3) is 0 Å². The maximum atomic E-state index is 12.7. The topological polar surface area (TPSA) is 46.3 Å². The van der Waals surface area contributed by atoms with Gasteiger partial charge in [-0.15, -0.1) is 12.4 Å². The minimum atomic E-state index is -0.224. The molecule has 104 valence electrons. The van der Waals surface area contributed by atoms with Gasteiger partial charge in [-0.25, -0.2) is 0 Å². The molecule has 0 radical (unpaired) electrons. The van der Waals surface area contributed by atoms with Gasteiger partial charge in [0.05, 0.1) is 5.41 Å².